The van der Waals surface area contributed by atoms with Gasteiger partial charge in [0, 0.05) is 37.2 Å². The van der Waals surface area contributed by atoms with Crippen molar-refractivity contribution in [2.45, 2.75) is 6.54 Å². The molecule has 0 bridgehead atoms. The minimum absolute atomic E-state index is 0.967. The minimum atomic E-state index is 0.967. The molecule has 24 heavy (non-hydrogen) atoms. The lowest BCUT2D eigenvalue weighted by Crippen LogP contribution is -2.43. The molecule has 0 atom stereocenters. The van der Waals surface area contributed by atoms with E-state index >= 15 is 0 Å². The summed E-state index contributed by atoms with van der Waals surface area (Å²) in [5.74, 6) is 0. The van der Waals surface area contributed by atoms with E-state index in [0.717, 1.165) is 37.2 Å². The van der Waals surface area contributed by atoms with Gasteiger partial charge in [-0.1, -0.05) is 60.7 Å². The maximum absolute atomic E-state index is 4.59. The van der Waals surface area contributed by atoms with Crippen LogP contribution in [0.5, 0.6) is 0 Å². The van der Waals surface area contributed by atoms with Crippen LogP contribution in [0, 0.1) is 0 Å². The quantitative estimate of drug-likeness (QED) is 0.719. The van der Waals surface area contributed by atoms with Crippen LogP contribution < -0.4 is 0 Å². The van der Waals surface area contributed by atoms with Crippen LogP contribution in [0.4, 0.5) is 0 Å². The second-order valence-corrected chi connectivity index (χ2v) is 6.82. The molecule has 0 aromatic heterocycles. The van der Waals surface area contributed by atoms with E-state index in [1.54, 1.807) is 0 Å². The van der Waals surface area contributed by atoms with Gasteiger partial charge in [-0.2, -0.15) is 5.10 Å². The van der Waals surface area contributed by atoms with Gasteiger partial charge in [0.05, 0.1) is 6.21 Å². The third-order valence-corrected chi connectivity index (χ3v) is 4.48. The average molecular weight is 384 g/mol. The Hall–Kier alpha value is -1.91. The Balaban J connectivity index is 1.47. The Kier molecular flexibility index (Phi) is 6.21. The first-order chi connectivity index (χ1) is 11.8. The SMILES string of the molecule is BrC(/C=N\N1CCN(Cc2ccccc2)CC1)=C/c1ccccc1. The number of nitrogens with zero attached hydrogens (tertiary/aromatic N) is 3. The van der Waals surface area contributed by atoms with Gasteiger partial charge >= 0.3 is 0 Å². The second kappa shape index (κ2) is 8.81. The van der Waals surface area contributed by atoms with Crippen molar-refractivity contribution in [3.63, 3.8) is 0 Å². The molecule has 1 saturated heterocycles. The molecule has 0 aliphatic carbocycles. The normalized spacial score (nSPS) is 16.7. The summed E-state index contributed by atoms with van der Waals surface area (Å²) in [4.78, 5) is 2.48. The summed E-state index contributed by atoms with van der Waals surface area (Å²) in [6.45, 7) is 5.05. The van der Waals surface area contributed by atoms with Gasteiger partial charge in [-0.15, -0.1) is 0 Å². The number of hydrazone groups is 1. The predicted molar refractivity (Wildman–Crippen MR) is 105 cm³/mol. The Morgan fingerprint density at radius 2 is 1.54 bits per heavy atom. The molecule has 1 heterocycles. The minimum Gasteiger partial charge on any atom is -0.295 e. The molecule has 3 nitrogen and oxygen atoms in total. The fourth-order valence-corrected chi connectivity index (χ4v) is 3.09. The molecule has 2 aromatic rings. The van der Waals surface area contributed by atoms with Crippen molar-refractivity contribution < 1.29 is 0 Å². The first-order valence-electron chi connectivity index (χ1n) is 8.27. The van der Waals surface area contributed by atoms with E-state index in [2.05, 4.69) is 79.5 Å². The fourth-order valence-electron chi connectivity index (χ4n) is 2.74. The van der Waals surface area contributed by atoms with Crippen LogP contribution >= 0.6 is 15.9 Å². The largest absolute Gasteiger partial charge is 0.295 e. The highest BCUT2D eigenvalue weighted by molar-refractivity contribution is 9.12. The van der Waals surface area contributed by atoms with E-state index in [4.69, 9.17) is 0 Å². The fraction of sp³-hybridized carbons (Fsp3) is 0.250. The first-order valence-corrected chi connectivity index (χ1v) is 9.06. The number of benzene rings is 2. The van der Waals surface area contributed by atoms with E-state index in [0.29, 0.717) is 0 Å². The number of allylic oxidation sites excluding steroid dienone is 1. The van der Waals surface area contributed by atoms with Crippen LogP contribution in [0.15, 0.2) is 70.2 Å². The summed E-state index contributed by atoms with van der Waals surface area (Å²) in [6, 6.07) is 20.9. The zero-order valence-electron chi connectivity index (χ0n) is 13.7. The summed E-state index contributed by atoms with van der Waals surface area (Å²) in [5, 5.41) is 6.73. The van der Waals surface area contributed by atoms with Crippen LogP contribution in [0.25, 0.3) is 6.08 Å². The van der Waals surface area contributed by atoms with Gasteiger partial charge < -0.3 is 0 Å². The summed E-state index contributed by atoms with van der Waals surface area (Å²) < 4.78 is 0.986. The van der Waals surface area contributed by atoms with Crippen LogP contribution in [-0.2, 0) is 6.54 Å². The Labute approximate surface area is 152 Å². The molecular formula is C20H22BrN3. The van der Waals surface area contributed by atoms with Gasteiger partial charge in [0.2, 0.25) is 0 Å². The number of rotatable bonds is 5. The van der Waals surface area contributed by atoms with E-state index in [1.165, 1.54) is 11.1 Å². The lowest BCUT2D eigenvalue weighted by Gasteiger charge is -2.33. The molecule has 124 valence electrons. The molecule has 0 radical (unpaired) electrons. The molecule has 4 heteroatoms. The number of piperazine rings is 1. The molecule has 0 amide bonds. The van der Waals surface area contributed by atoms with Gasteiger partial charge in [-0.25, -0.2) is 0 Å². The van der Waals surface area contributed by atoms with E-state index in [-0.39, 0.29) is 0 Å². The summed E-state index contributed by atoms with van der Waals surface area (Å²) in [7, 11) is 0. The van der Waals surface area contributed by atoms with E-state index < -0.39 is 0 Å². The van der Waals surface area contributed by atoms with Gasteiger partial charge in [-0.05, 0) is 33.1 Å². The molecule has 0 unspecified atom stereocenters. The van der Waals surface area contributed by atoms with Crippen molar-refractivity contribution in [3.05, 3.63) is 76.3 Å². The lowest BCUT2D eigenvalue weighted by atomic mass is 10.2. The molecule has 0 N–H and O–H groups in total. The molecule has 0 saturated carbocycles. The molecule has 2 aromatic carbocycles. The summed E-state index contributed by atoms with van der Waals surface area (Å²) >= 11 is 3.57. The standard InChI is InChI=1S/C20H22BrN3/c21-20(15-18-7-3-1-4-8-18)16-22-24-13-11-23(12-14-24)17-19-9-5-2-6-10-19/h1-10,15-16H,11-14,17H2/b20-15+,22-16-. The van der Waals surface area contributed by atoms with E-state index in [9.17, 15) is 0 Å². The van der Waals surface area contributed by atoms with Crippen molar-refractivity contribution in [2.75, 3.05) is 26.2 Å². The highest BCUT2D eigenvalue weighted by atomic mass is 79.9. The lowest BCUT2D eigenvalue weighted by molar-refractivity contribution is 0.131. The number of hydrogen-bond acceptors (Lipinski definition) is 3. The van der Waals surface area contributed by atoms with Gasteiger partial charge in [0.25, 0.3) is 0 Å². The number of halogens is 1. The smallest absolute Gasteiger partial charge is 0.0612 e. The van der Waals surface area contributed by atoms with Crippen molar-refractivity contribution in [1.82, 2.24) is 9.91 Å². The third kappa shape index (κ3) is 5.32. The van der Waals surface area contributed by atoms with Crippen LogP contribution in [0.2, 0.25) is 0 Å². The molecule has 0 spiro atoms. The van der Waals surface area contributed by atoms with Gasteiger partial charge in [-0.3, -0.25) is 9.91 Å². The highest BCUT2D eigenvalue weighted by Gasteiger charge is 2.15. The Morgan fingerprint density at radius 3 is 2.21 bits per heavy atom. The summed E-state index contributed by atoms with van der Waals surface area (Å²) in [5.41, 5.74) is 2.55. The molecule has 1 fully saturated rings. The zero-order valence-corrected chi connectivity index (χ0v) is 15.3. The van der Waals surface area contributed by atoms with Crippen molar-refractivity contribution in [2.24, 2.45) is 5.10 Å². The first kappa shape index (κ1) is 16.9. The van der Waals surface area contributed by atoms with Crippen LogP contribution in [-0.4, -0.2) is 42.3 Å². The second-order valence-electron chi connectivity index (χ2n) is 5.90. The molecule has 1 aliphatic rings. The Bertz CT molecular complexity index is 675. The van der Waals surface area contributed by atoms with Gasteiger partial charge in [0.15, 0.2) is 0 Å². The van der Waals surface area contributed by atoms with Gasteiger partial charge in [0.1, 0.15) is 0 Å². The molecular weight excluding hydrogens is 362 g/mol. The predicted octanol–water partition coefficient (Wildman–Crippen LogP) is 4.23. The Morgan fingerprint density at radius 1 is 0.917 bits per heavy atom. The highest BCUT2D eigenvalue weighted by Crippen LogP contribution is 2.12. The maximum Gasteiger partial charge on any atom is 0.0612 e. The number of hydrogen-bond donors (Lipinski definition) is 0. The maximum atomic E-state index is 4.59. The van der Waals surface area contributed by atoms with Crippen molar-refractivity contribution in [1.29, 1.82) is 0 Å². The molecule has 3 rings (SSSR count). The topological polar surface area (TPSA) is 18.8 Å². The summed E-state index contributed by atoms with van der Waals surface area (Å²) in [6.07, 6.45) is 3.97. The average Bonchev–Trinajstić information content (AvgIpc) is 2.63. The monoisotopic (exact) mass is 383 g/mol. The van der Waals surface area contributed by atoms with Crippen molar-refractivity contribution in [3.8, 4) is 0 Å². The van der Waals surface area contributed by atoms with Crippen LogP contribution in [0.1, 0.15) is 11.1 Å². The molecule has 1 aliphatic heterocycles. The zero-order chi connectivity index (χ0) is 16.6. The van der Waals surface area contributed by atoms with E-state index in [1.807, 2.05) is 24.4 Å². The van der Waals surface area contributed by atoms with Crippen molar-refractivity contribution >= 4 is 28.2 Å². The third-order valence-electron chi connectivity index (χ3n) is 4.05. The van der Waals surface area contributed by atoms with Crippen LogP contribution in [0.3, 0.4) is 0 Å².